The van der Waals surface area contributed by atoms with Crippen LogP contribution in [-0.4, -0.2) is 47.2 Å². The second kappa shape index (κ2) is 4.52. The Morgan fingerprint density at radius 2 is 2.25 bits per heavy atom. The lowest BCUT2D eigenvalue weighted by molar-refractivity contribution is 0.0920. The molecule has 0 fully saturated rings. The van der Waals surface area contributed by atoms with Gasteiger partial charge in [0.25, 0.3) is 5.91 Å². The van der Waals surface area contributed by atoms with Crippen molar-refractivity contribution in [1.82, 2.24) is 20.4 Å². The Balaban J connectivity index is 2.58. The zero-order valence-electron chi connectivity index (χ0n) is 10.2. The van der Waals surface area contributed by atoms with Gasteiger partial charge in [-0.1, -0.05) is 0 Å². The van der Waals surface area contributed by atoms with E-state index in [1.807, 2.05) is 32.8 Å². The fraction of sp³-hybridized carbons (Fsp3) is 0.600. The van der Waals surface area contributed by atoms with Crippen molar-refractivity contribution in [1.29, 1.82) is 0 Å². The lowest BCUT2D eigenvalue weighted by Gasteiger charge is -2.32. The third-order valence-corrected chi connectivity index (χ3v) is 2.81. The van der Waals surface area contributed by atoms with E-state index in [4.69, 9.17) is 5.73 Å². The van der Waals surface area contributed by atoms with E-state index in [9.17, 15) is 4.79 Å². The highest BCUT2D eigenvalue weighted by Gasteiger charge is 2.22. The number of H-pyrrole nitrogens is 1. The summed E-state index contributed by atoms with van der Waals surface area (Å²) in [6.07, 6.45) is 1.42. The van der Waals surface area contributed by atoms with Crippen molar-refractivity contribution in [3.8, 4) is 0 Å². The maximum absolute atomic E-state index is 11.7. The van der Waals surface area contributed by atoms with Crippen LogP contribution in [0.25, 0.3) is 0 Å². The van der Waals surface area contributed by atoms with Crippen molar-refractivity contribution in [2.24, 2.45) is 0 Å². The molecule has 0 atom stereocenters. The number of nitrogens with two attached hydrogens (primary N) is 1. The van der Waals surface area contributed by atoms with Crippen molar-refractivity contribution in [2.75, 3.05) is 26.4 Å². The minimum absolute atomic E-state index is 0.103. The number of carbonyl (C=O) groups excluding carboxylic acids is 1. The highest BCUT2D eigenvalue weighted by atomic mass is 16.1. The van der Waals surface area contributed by atoms with Crippen molar-refractivity contribution >= 4 is 11.7 Å². The Morgan fingerprint density at radius 1 is 1.62 bits per heavy atom. The Kier molecular flexibility index (Phi) is 3.54. The summed E-state index contributed by atoms with van der Waals surface area (Å²) in [4.78, 5) is 13.8. The van der Waals surface area contributed by atoms with E-state index in [0.29, 0.717) is 17.9 Å². The number of nitrogens with one attached hydrogen (secondary N) is 2. The summed E-state index contributed by atoms with van der Waals surface area (Å²) in [7, 11) is 3.94. The molecule has 0 saturated heterocycles. The SMILES string of the molecule is CN(C)C(C)(C)CNC(=O)c1cn[nH]c1N. The highest BCUT2D eigenvalue weighted by molar-refractivity contribution is 5.98. The van der Waals surface area contributed by atoms with Crippen molar-refractivity contribution in [2.45, 2.75) is 19.4 Å². The van der Waals surface area contributed by atoms with E-state index < -0.39 is 0 Å². The molecule has 0 spiro atoms. The summed E-state index contributed by atoms with van der Waals surface area (Å²) in [5.74, 6) is 0.0846. The van der Waals surface area contributed by atoms with E-state index in [1.54, 1.807) is 0 Å². The highest BCUT2D eigenvalue weighted by Crippen LogP contribution is 2.10. The van der Waals surface area contributed by atoms with Gasteiger partial charge in [-0.25, -0.2) is 0 Å². The summed E-state index contributed by atoms with van der Waals surface area (Å²) < 4.78 is 0. The third kappa shape index (κ3) is 2.73. The number of hydrogen-bond donors (Lipinski definition) is 3. The van der Waals surface area contributed by atoms with Gasteiger partial charge in [-0.3, -0.25) is 9.89 Å². The standard InChI is InChI=1S/C10H19N5O/c1-10(2,15(3)4)6-12-9(16)7-5-13-14-8(7)11/h5H,6H2,1-4H3,(H,12,16)(H3,11,13,14). The molecule has 0 aliphatic heterocycles. The van der Waals surface area contributed by atoms with Gasteiger partial charge in [0.2, 0.25) is 0 Å². The molecule has 1 aromatic heterocycles. The number of anilines is 1. The lowest BCUT2D eigenvalue weighted by Crippen LogP contribution is -2.48. The van der Waals surface area contributed by atoms with Crippen LogP contribution in [0.1, 0.15) is 24.2 Å². The molecule has 1 aromatic rings. The number of aromatic nitrogens is 2. The summed E-state index contributed by atoms with van der Waals surface area (Å²) in [6.45, 7) is 4.64. The number of hydrogen-bond acceptors (Lipinski definition) is 4. The molecule has 6 nitrogen and oxygen atoms in total. The van der Waals surface area contributed by atoms with E-state index in [1.165, 1.54) is 6.20 Å². The number of amides is 1. The van der Waals surface area contributed by atoms with E-state index >= 15 is 0 Å². The molecule has 6 heteroatoms. The van der Waals surface area contributed by atoms with Crippen LogP contribution < -0.4 is 11.1 Å². The number of nitrogens with zero attached hydrogens (tertiary/aromatic N) is 2. The molecule has 1 rings (SSSR count). The summed E-state index contributed by atoms with van der Waals surface area (Å²) in [5, 5.41) is 9.05. The average molecular weight is 225 g/mol. The normalized spacial score (nSPS) is 11.8. The molecular weight excluding hydrogens is 206 g/mol. The van der Waals surface area contributed by atoms with E-state index in [0.717, 1.165) is 0 Å². The van der Waals surface area contributed by atoms with E-state index in [-0.39, 0.29) is 11.4 Å². The second-order valence-corrected chi connectivity index (χ2v) is 4.59. The molecule has 1 amide bonds. The van der Waals surface area contributed by atoms with Crippen molar-refractivity contribution in [3.63, 3.8) is 0 Å². The van der Waals surface area contributed by atoms with Gasteiger partial charge < -0.3 is 16.0 Å². The molecule has 0 bridgehead atoms. The first-order valence-corrected chi connectivity index (χ1v) is 5.09. The average Bonchev–Trinajstić information content (AvgIpc) is 2.61. The maximum Gasteiger partial charge on any atom is 0.256 e. The maximum atomic E-state index is 11.7. The molecule has 4 N–H and O–H groups in total. The fourth-order valence-corrected chi connectivity index (χ4v) is 1.03. The predicted octanol–water partition coefficient (Wildman–Crippen LogP) is 0.0619. The Bertz CT molecular complexity index is 369. The molecule has 0 radical (unpaired) electrons. The Morgan fingerprint density at radius 3 is 2.69 bits per heavy atom. The number of likely N-dealkylation sites (N-methyl/N-ethyl adjacent to an activating group) is 1. The molecule has 0 aliphatic carbocycles. The van der Waals surface area contributed by atoms with Crippen LogP contribution in [0.15, 0.2) is 6.20 Å². The zero-order chi connectivity index (χ0) is 12.3. The minimum atomic E-state index is -0.207. The van der Waals surface area contributed by atoms with Crippen molar-refractivity contribution < 1.29 is 4.79 Å². The number of aromatic amines is 1. The summed E-state index contributed by atoms with van der Waals surface area (Å²) in [6, 6.07) is 0. The smallest absolute Gasteiger partial charge is 0.256 e. The van der Waals surface area contributed by atoms with Gasteiger partial charge >= 0.3 is 0 Å². The first-order chi connectivity index (χ1) is 7.34. The number of nitrogen functional groups attached to an aromatic ring is 1. The van der Waals surface area contributed by atoms with Crippen LogP contribution in [-0.2, 0) is 0 Å². The molecule has 0 unspecified atom stereocenters. The monoisotopic (exact) mass is 225 g/mol. The number of carbonyl (C=O) groups is 1. The molecule has 0 aliphatic rings. The molecule has 0 aromatic carbocycles. The summed E-state index contributed by atoms with van der Waals surface area (Å²) in [5.41, 5.74) is 5.83. The van der Waals surface area contributed by atoms with Crippen LogP contribution in [0.4, 0.5) is 5.82 Å². The first-order valence-electron chi connectivity index (χ1n) is 5.09. The van der Waals surface area contributed by atoms with Crippen molar-refractivity contribution in [3.05, 3.63) is 11.8 Å². The minimum Gasteiger partial charge on any atom is -0.383 e. The molecular formula is C10H19N5O. The lowest BCUT2D eigenvalue weighted by atomic mass is 10.0. The Labute approximate surface area is 95.2 Å². The fourth-order valence-electron chi connectivity index (χ4n) is 1.03. The number of rotatable bonds is 4. The van der Waals surface area contributed by atoms with Crippen LogP contribution in [0.5, 0.6) is 0 Å². The zero-order valence-corrected chi connectivity index (χ0v) is 10.2. The van der Waals surface area contributed by atoms with Gasteiger partial charge in [-0.2, -0.15) is 5.10 Å². The Hall–Kier alpha value is -1.56. The first kappa shape index (κ1) is 12.5. The molecule has 1 heterocycles. The molecule has 0 saturated carbocycles. The van der Waals surface area contributed by atoms with Crippen LogP contribution in [0.3, 0.4) is 0 Å². The summed E-state index contributed by atoms with van der Waals surface area (Å²) >= 11 is 0. The predicted molar refractivity (Wildman–Crippen MR) is 63.1 cm³/mol. The van der Waals surface area contributed by atoms with Crippen LogP contribution in [0.2, 0.25) is 0 Å². The quantitative estimate of drug-likeness (QED) is 0.676. The largest absolute Gasteiger partial charge is 0.383 e. The topological polar surface area (TPSA) is 87.0 Å². The van der Waals surface area contributed by atoms with Crippen LogP contribution >= 0.6 is 0 Å². The van der Waals surface area contributed by atoms with Gasteiger partial charge in [0, 0.05) is 12.1 Å². The second-order valence-electron chi connectivity index (χ2n) is 4.59. The van der Waals surface area contributed by atoms with E-state index in [2.05, 4.69) is 15.5 Å². The molecule has 90 valence electrons. The van der Waals surface area contributed by atoms with Gasteiger partial charge in [0.05, 0.1) is 6.20 Å². The van der Waals surface area contributed by atoms with Gasteiger partial charge in [-0.15, -0.1) is 0 Å². The van der Waals surface area contributed by atoms with Gasteiger partial charge in [0.15, 0.2) is 0 Å². The van der Waals surface area contributed by atoms with Gasteiger partial charge in [0.1, 0.15) is 11.4 Å². The van der Waals surface area contributed by atoms with Crippen LogP contribution in [0, 0.1) is 0 Å². The molecule has 16 heavy (non-hydrogen) atoms. The van der Waals surface area contributed by atoms with Gasteiger partial charge in [-0.05, 0) is 27.9 Å². The third-order valence-electron chi connectivity index (χ3n) is 2.81.